The van der Waals surface area contributed by atoms with Gasteiger partial charge in [-0.25, -0.2) is 9.78 Å². The molecule has 0 saturated carbocycles. The van der Waals surface area contributed by atoms with Gasteiger partial charge in [-0.15, -0.1) is 0 Å². The number of para-hydroxylation sites is 1. The van der Waals surface area contributed by atoms with Gasteiger partial charge in [-0.1, -0.05) is 36.4 Å². The van der Waals surface area contributed by atoms with E-state index in [1.54, 1.807) is 12.1 Å². The summed E-state index contributed by atoms with van der Waals surface area (Å²) in [6.07, 6.45) is 4.48. The van der Waals surface area contributed by atoms with Crippen molar-refractivity contribution in [3.8, 4) is 11.5 Å². The monoisotopic (exact) mass is 494 g/mol. The van der Waals surface area contributed by atoms with Crippen LogP contribution in [0.5, 0.6) is 11.5 Å². The molecule has 0 radical (unpaired) electrons. The third-order valence-corrected chi connectivity index (χ3v) is 6.60. The van der Waals surface area contributed by atoms with Crippen LogP contribution in [0, 0.1) is 10.1 Å². The maximum atomic E-state index is 13.5. The van der Waals surface area contributed by atoms with Crippen LogP contribution in [-0.2, 0) is 17.8 Å². The van der Waals surface area contributed by atoms with Crippen molar-refractivity contribution < 1.29 is 23.9 Å². The van der Waals surface area contributed by atoms with Gasteiger partial charge in [-0.3, -0.25) is 10.1 Å². The smallest absolute Gasteiger partial charge is 0.339 e. The van der Waals surface area contributed by atoms with Crippen molar-refractivity contribution in [1.29, 1.82) is 0 Å². The van der Waals surface area contributed by atoms with Crippen LogP contribution >= 0.6 is 0 Å². The van der Waals surface area contributed by atoms with Gasteiger partial charge in [0.1, 0.15) is 6.61 Å². The van der Waals surface area contributed by atoms with E-state index in [9.17, 15) is 14.9 Å². The normalized spacial score (nSPS) is 15.0. The van der Waals surface area contributed by atoms with E-state index in [2.05, 4.69) is 6.08 Å². The summed E-state index contributed by atoms with van der Waals surface area (Å²) in [4.78, 5) is 29.1. The van der Waals surface area contributed by atoms with Crippen LogP contribution in [0.2, 0.25) is 0 Å². The maximum absolute atomic E-state index is 13.5. The van der Waals surface area contributed by atoms with Crippen LogP contribution in [0.1, 0.15) is 45.6 Å². The minimum absolute atomic E-state index is 0.0430. The van der Waals surface area contributed by atoms with E-state index >= 15 is 0 Å². The van der Waals surface area contributed by atoms with E-state index in [-0.39, 0.29) is 19.1 Å². The molecule has 8 nitrogen and oxygen atoms in total. The number of carbonyl (C=O) groups excluding carboxylic acids is 1. The molecule has 37 heavy (non-hydrogen) atoms. The highest BCUT2D eigenvalue weighted by molar-refractivity contribution is 6.06. The number of hydrogen-bond acceptors (Lipinski definition) is 7. The van der Waals surface area contributed by atoms with Gasteiger partial charge in [0.05, 0.1) is 21.7 Å². The number of aromatic nitrogens is 1. The zero-order valence-corrected chi connectivity index (χ0v) is 19.8. The molecule has 0 bridgehead atoms. The van der Waals surface area contributed by atoms with Gasteiger partial charge in [-0.05, 0) is 65.8 Å². The van der Waals surface area contributed by atoms with Crippen molar-refractivity contribution in [2.75, 3.05) is 6.79 Å². The first-order valence-electron chi connectivity index (χ1n) is 12.0. The van der Waals surface area contributed by atoms with Crippen LogP contribution in [0.15, 0.2) is 66.7 Å². The average molecular weight is 495 g/mol. The summed E-state index contributed by atoms with van der Waals surface area (Å²) in [5.74, 6) is 0.969. The first-order valence-corrected chi connectivity index (χ1v) is 12.0. The average Bonchev–Trinajstić information content (AvgIpc) is 3.39. The molecule has 2 aliphatic rings. The number of carbonyl (C=O) groups is 1. The topological polar surface area (TPSA) is 101 Å². The lowest BCUT2D eigenvalue weighted by Crippen LogP contribution is -2.15. The van der Waals surface area contributed by atoms with Gasteiger partial charge in [-0.2, -0.15) is 0 Å². The minimum Gasteiger partial charge on any atom is -0.457 e. The van der Waals surface area contributed by atoms with Gasteiger partial charge >= 0.3 is 5.97 Å². The number of hydrogen-bond donors (Lipinski definition) is 0. The number of fused-ring (bicyclic) bond motifs is 3. The third-order valence-electron chi connectivity index (χ3n) is 6.60. The summed E-state index contributed by atoms with van der Waals surface area (Å²) in [6, 6.07) is 19.5. The number of pyridine rings is 1. The summed E-state index contributed by atoms with van der Waals surface area (Å²) in [6.45, 7) is 0.152. The number of ether oxygens (including phenoxy) is 3. The first-order chi connectivity index (χ1) is 18.1. The Morgan fingerprint density at radius 1 is 1.03 bits per heavy atom. The van der Waals surface area contributed by atoms with E-state index in [0.717, 1.165) is 46.4 Å². The number of nitro groups is 1. The number of non-ortho nitro benzene ring substituents is 1. The highest BCUT2D eigenvalue weighted by atomic mass is 16.7. The molecule has 8 heteroatoms. The molecule has 0 unspecified atom stereocenters. The number of rotatable bonds is 5. The molecule has 0 saturated heterocycles. The van der Waals surface area contributed by atoms with Crippen LogP contribution < -0.4 is 9.47 Å². The van der Waals surface area contributed by atoms with E-state index in [0.29, 0.717) is 28.8 Å². The Labute approximate surface area is 212 Å². The molecule has 0 spiro atoms. The Balaban J connectivity index is 1.38. The van der Waals surface area contributed by atoms with E-state index in [4.69, 9.17) is 19.2 Å². The van der Waals surface area contributed by atoms with Crippen LogP contribution in [0.3, 0.4) is 0 Å². The quantitative estimate of drug-likeness (QED) is 0.188. The molecule has 0 fully saturated rings. The number of nitrogens with zero attached hydrogens (tertiary/aromatic N) is 2. The van der Waals surface area contributed by atoms with Gasteiger partial charge in [0, 0.05) is 17.5 Å². The summed E-state index contributed by atoms with van der Waals surface area (Å²) in [5, 5.41) is 11.8. The van der Waals surface area contributed by atoms with Crippen LogP contribution in [0.25, 0.3) is 22.6 Å². The molecule has 1 aromatic heterocycles. The summed E-state index contributed by atoms with van der Waals surface area (Å²) in [5.41, 5.74) is 5.39. The molecule has 184 valence electrons. The molecular weight excluding hydrogens is 472 g/mol. The standard InChI is InChI=1S/C29H22N2O6/c32-29(35-16-19-5-3-7-21(14-19)31(33)34)27-22-8-1-2-10-24(22)30-28-20(6-4-9-23(27)28)13-18-11-12-25-26(15-18)37-17-36-25/h1-3,5,7-8,10-15H,4,6,9,16-17H2. The Hall–Kier alpha value is -4.72. The van der Waals surface area contributed by atoms with Crippen molar-refractivity contribution in [3.05, 3.63) is 105 Å². The Morgan fingerprint density at radius 3 is 2.78 bits per heavy atom. The van der Waals surface area contributed by atoms with Crippen LogP contribution in [0.4, 0.5) is 5.69 Å². The Bertz CT molecular complexity index is 1590. The summed E-state index contributed by atoms with van der Waals surface area (Å²) in [7, 11) is 0. The minimum atomic E-state index is -0.467. The van der Waals surface area contributed by atoms with Crippen molar-refractivity contribution >= 4 is 34.2 Å². The van der Waals surface area contributed by atoms with Gasteiger partial charge in [0.15, 0.2) is 11.5 Å². The molecule has 1 aliphatic heterocycles. The molecule has 3 aromatic carbocycles. The fourth-order valence-electron chi connectivity index (χ4n) is 4.89. The lowest BCUT2D eigenvalue weighted by Gasteiger charge is -2.22. The van der Waals surface area contributed by atoms with E-state index < -0.39 is 10.9 Å². The highest BCUT2D eigenvalue weighted by Gasteiger charge is 2.26. The number of esters is 1. The molecule has 0 amide bonds. The molecule has 4 aromatic rings. The SMILES string of the molecule is O=C(OCc1cccc([N+](=O)[O-])c1)c1c2c(nc3ccccc13)C(=Cc1ccc3c(c1)OCO3)CCC2. The fourth-order valence-corrected chi connectivity index (χ4v) is 4.89. The van der Waals surface area contributed by atoms with Crippen molar-refractivity contribution in [2.45, 2.75) is 25.9 Å². The first kappa shape index (κ1) is 22.7. The molecule has 1 aliphatic carbocycles. The third kappa shape index (κ3) is 4.38. The fraction of sp³-hybridized carbons (Fsp3) is 0.172. The number of nitro benzene ring substituents is 1. The largest absolute Gasteiger partial charge is 0.457 e. The van der Waals surface area contributed by atoms with Gasteiger partial charge in [0.25, 0.3) is 5.69 Å². The molecular formula is C29H22N2O6. The van der Waals surface area contributed by atoms with E-state index in [1.165, 1.54) is 12.1 Å². The lowest BCUT2D eigenvalue weighted by atomic mass is 9.86. The zero-order valence-electron chi connectivity index (χ0n) is 19.8. The van der Waals surface area contributed by atoms with Crippen molar-refractivity contribution in [3.63, 3.8) is 0 Å². The summed E-state index contributed by atoms with van der Waals surface area (Å²) >= 11 is 0. The van der Waals surface area contributed by atoms with Crippen LogP contribution in [-0.4, -0.2) is 22.7 Å². The van der Waals surface area contributed by atoms with E-state index in [1.807, 2.05) is 42.5 Å². The second kappa shape index (κ2) is 9.39. The van der Waals surface area contributed by atoms with Gasteiger partial charge < -0.3 is 14.2 Å². The predicted molar refractivity (Wildman–Crippen MR) is 137 cm³/mol. The van der Waals surface area contributed by atoms with Crippen molar-refractivity contribution in [2.24, 2.45) is 0 Å². The lowest BCUT2D eigenvalue weighted by molar-refractivity contribution is -0.384. The Kier molecular flexibility index (Phi) is 5.76. The number of benzene rings is 3. The van der Waals surface area contributed by atoms with Gasteiger partial charge in [0.2, 0.25) is 6.79 Å². The molecule has 0 N–H and O–H groups in total. The van der Waals surface area contributed by atoms with Crippen molar-refractivity contribution in [1.82, 2.24) is 4.98 Å². The second-order valence-corrected chi connectivity index (χ2v) is 8.97. The number of allylic oxidation sites excluding steroid dienone is 1. The maximum Gasteiger partial charge on any atom is 0.339 e. The second-order valence-electron chi connectivity index (χ2n) is 8.97. The molecule has 6 rings (SSSR count). The molecule has 2 heterocycles. The Morgan fingerprint density at radius 2 is 1.89 bits per heavy atom. The molecule has 0 atom stereocenters. The summed E-state index contributed by atoms with van der Waals surface area (Å²) < 4.78 is 16.6. The predicted octanol–water partition coefficient (Wildman–Crippen LogP) is 6.11. The highest BCUT2D eigenvalue weighted by Crippen LogP contribution is 2.38. The zero-order chi connectivity index (χ0) is 25.4.